The average molecular weight is 392 g/mol. The van der Waals surface area contributed by atoms with Gasteiger partial charge in [0.1, 0.15) is 5.75 Å². The standard InChI is InChI=1S/C19H15F3N2O2S/c1-2-11-24-17(25)15-5-3-4-6-16(15)23-18(24)27-12-13-7-9-14(10-8-13)26-19(20,21)22/h2-10H,1,11-12H2. The van der Waals surface area contributed by atoms with Crippen molar-refractivity contribution in [3.05, 3.63) is 77.1 Å². The Morgan fingerprint density at radius 3 is 2.52 bits per heavy atom. The molecular formula is C19H15F3N2O2S. The van der Waals surface area contributed by atoms with E-state index < -0.39 is 6.36 Å². The second kappa shape index (κ2) is 7.87. The lowest BCUT2D eigenvalue weighted by molar-refractivity contribution is -0.274. The number of ether oxygens (including phenoxy) is 1. The van der Waals surface area contributed by atoms with E-state index in [0.717, 1.165) is 5.56 Å². The van der Waals surface area contributed by atoms with Crippen molar-refractivity contribution in [3.8, 4) is 5.75 Å². The summed E-state index contributed by atoms with van der Waals surface area (Å²) in [6.45, 7) is 3.99. The van der Waals surface area contributed by atoms with E-state index in [-0.39, 0.29) is 11.3 Å². The fourth-order valence-electron chi connectivity index (χ4n) is 2.48. The Labute approximate surface area is 157 Å². The Hall–Kier alpha value is -2.74. The van der Waals surface area contributed by atoms with Crippen LogP contribution in [0.4, 0.5) is 13.2 Å². The maximum atomic E-state index is 12.7. The van der Waals surface area contributed by atoms with Crippen LogP contribution in [-0.4, -0.2) is 15.9 Å². The molecule has 2 aromatic carbocycles. The summed E-state index contributed by atoms with van der Waals surface area (Å²) in [4.78, 5) is 17.2. The third-order valence-corrected chi connectivity index (χ3v) is 4.71. The molecule has 0 saturated heterocycles. The molecule has 0 aliphatic rings. The molecule has 1 heterocycles. The minimum absolute atomic E-state index is 0.156. The Morgan fingerprint density at radius 1 is 1.15 bits per heavy atom. The van der Waals surface area contributed by atoms with Gasteiger partial charge in [0.2, 0.25) is 0 Å². The molecule has 0 unspecified atom stereocenters. The van der Waals surface area contributed by atoms with Gasteiger partial charge in [-0.25, -0.2) is 4.98 Å². The summed E-state index contributed by atoms with van der Waals surface area (Å²) in [6, 6.07) is 12.7. The zero-order chi connectivity index (χ0) is 19.4. The molecule has 4 nitrogen and oxygen atoms in total. The number of halogens is 3. The highest BCUT2D eigenvalue weighted by Gasteiger charge is 2.30. The normalized spacial score (nSPS) is 11.5. The quantitative estimate of drug-likeness (QED) is 0.344. The predicted molar refractivity (Wildman–Crippen MR) is 98.9 cm³/mol. The maximum Gasteiger partial charge on any atom is 0.573 e. The van der Waals surface area contributed by atoms with Gasteiger partial charge in [0.15, 0.2) is 5.16 Å². The summed E-state index contributed by atoms with van der Waals surface area (Å²) < 4.78 is 42.0. The highest BCUT2D eigenvalue weighted by Crippen LogP contribution is 2.26. The lowest BCUT2D eigenvalue weighted by atomic mass is 10.2. The van der Waals surface area contributed by atoms with Crippen molar-refractivity contribution in [2.24, 2.45) is 0 Å². The highest BCUT2D eigenvalue weighted by atomic mass is 32.2. The molecule has 0 N–H and O–H groups in total. The largest absolute Gasteiger partial charge is 0.573 e. The van der Waals surface area contributed by atoms with Gasteiger partial charge in [0.05, 0.1) is 10.9 Å². The summed E-state index contributed by atoms with van der Waals surface area (Å²) in [5.41, 5.74) is 1.22. The molecule has 0 atom stereocenters. The topological polar surface area (TPSA) is 44.1 Å². The molecule has 3 rings (SSSR count). The van der Waals surface area contributed by atoms with Crippen LogP contribution < -0.4 is 10.3 Å². The number of benzene rings is 2. The Morgan fingerprint density at radius 2 is 1.85 bits per heavy atom. The zero-order valence-corrected chi connectivity index (χ0v) is 14.9. The van der Waals surface area contributed by atoms with Crippen LogP contribution in [0.3, 0.4) is 0 Å². The van der Waals surface area contributed by atoms with E-state index in [1.165, 1.54) is 28.5 Å². The van der Waals surface area contributed by atoms with Crippen LogP contribution in [0.25, 0.3) is 10.9 Å². The summed E-state index contributed by atoms with van der Waals surface area (Å²) in [5.74, 6) is 0.164. The van der Waals surface area contributed by atoms with Crippen molar-refractivity contribution in [2.75, 3.05) is 0 Å². The van der Waals surface area contributed by atoms with Crippen LogP contribution >= 0.6 is 11.8 Å². The van der Waals surface area contributed by atoms with Crippen molar-refractivity contribution in [1.82, 2.24) is 9.55 Å². The molecule has 0 amide bonds. The fourth-order valence-corrected chi connectivity index (χ4v) is 3.45. The highest BCUT2D eigenvalue weighted by molar-refractivity contribution is 7.98. The predicted octanol–water partition coefficient (Wildman–Crippen LogP) is 4.77. The van der Waals surface area contributed by atoms with E-state index >= 15 is 0 Å². The average Bonchev–Trinajstić information content (AvgIpc) is 2.63. The number of fused-ring (bicyclic) bond motifs is 1. The zero-order valence-electron chi connectivity index (χ0n) is 14.1. The van der Waals surface area contributed by atoms with E-state index in [0.29, 0.717) is 28.4 Å². The SMILES string of the molecule is C=CCn1c(SCc2ccc(OC(F)(F)F)cc2)nc2ccccc2c1=O. The van der Waals surface area contributed by atoms with Gasteiger partial charge in [-0.15, -0.1) is 19.8 Å². The number of alkyl halides is 3. The van der Waals surface area contributed by atoms with E-state index in [1.807, 2.05) is 0 Å². The van der Waals surface area contributed by atoms with Crippen molar-refractivity contribution in [1.29, 1.82) is 0 Å². The van der Waals surface area contributed by atoms with E-state index in [1.54, 1.807) is 42.5 Å². The van der Waals surface area contributed by atoms with Gasteiger partial charge in [-0.1, -0.05) is 42.1 Å². The third kappa shape index (κ3) is 4.71. The number of para-hydroxylation sites is 1. The molecule has 0 radical (unpaired) electrons. The first-order valence-electron chi connectivity index (χ1n) is 7.95. The van der Waals surface area contributed by atoms with E-state index in [4.69, 9.17) is 0 Å². The second-order valence-corrected chi connectivity index (χ2v) is 6.54. The molecule has 0 saturated carbocycles. The van der Waals surface area contributed by atoms with Gasteiger partial charge in [0.25, 0.3) is 5.56 Å². The van der Waals surface area contributed by atoms with Crippen LogP contribution in [-0.2, 0) is 12.3 Å². The number of aromatic nitrogens is 2. The van der Waals surface area contributed by atoms with E-state index in [9.17, 15) is 18.0 Å². The Bertz CT molecular complexity index is 1010. The van der Waals surface area contributed by atoms with Gasteiger partial charge in [-0.2, -0.15) is 0 Å². The molecule has 0 aliphatic carbocycles. The van der Waals surface area contributed by atoms with Crippen molar-refractivity contribution in [3.63, 3.8) is 0 Å². The van der Waals surface area contributed by atoms with Crippen LogP contribution in [0.15, 0.2) is 71.1 Å². The lowest BCUT2D eigenvalue weighted by Crippen LogP contribution is -2.22. The third-order valence-electron chi connectivity index (χ3n) is 3.66. The number of thioether (sulfide) groups is 1. The Kier molecular flexibility index (Phi) is 5.55. The van der Waals surface area contributed by atoms with Crippen LogP contribution in [0.2, 0.25) is 0 Å². The van der Waals surface area contributed by atoms with Crippen molar-refractivity contribution >= 4 is 22.7 Å². The molecule has 27 heavy (non-hydrogen) atoms. The molecular weight excluding hydrogens is 377 g/mol. The monoisotopic (exact) mass is 392 g/mol. The first kappa shape index (κ1) is 19.0. The number of hydrogen-bond donors (Lipinski definition) is 0. The van der Waals surface area contributed by atoms with Crippen molar-refractivity contribution < 1.29 is 17.9 Å². The molecule has 0 bridgehead atoms. The number of rotatable bonds is 6. The molecule has 0 spiro atoms. The summed E-state index contributed by atoms with van der Waals surface area (Å²) in [5, 5.41) is 1.05. The minimum atomic E-state index is -4.72. The number of allylic oxidation sites excluding steroid dienone is 1. The fraction of sp³-hybridized carbons (Fsp3) is 0.158. The molecule has 1 aromatic heterocycles. The van der Waals surface area contributed by atoms with Gasteiger partial charge in [-0.3, -0.25) is 9.36 Å². The Balaban J connectivity index is 1.83. The maximum absolute atomic E-state index is 12.7. The van der Waals surface area contributed by atoms with E-state index in [2.05, 4.69) is 16.3 Å². The van der Waals surface area contributed by atoms with Crippen molar-refractivity contribution in [2.45, 2.75) is 23.8 Å². The van der Waals surface area contributed by atoms with Gasteiger partial charge in [-0.05, 0) is 29.8 Å². The molecule has 8 heteroatoms. The van der Waals surface area contributed by atoms with Crippen LogP contribution in [0, 0.1) is 0 Å². The number of nitrogens with zero attached hydrogens (tertiary/aromatic N) is 2. The summed E-state index contributed by atoms with van der Waals surface area (Å²) in [7, 11) is 0. The molecule has 0 aliphatic heterocycles. The van der Waals surface area contributed by atoms with Gasteiger partial charge in [0, 0.05) is 12.3 Å². The molecule has 140 valence electrons. The van der Waals surface area contributed by atoms with Gasteiger partial charge >= 0.3 is 6.36 Å². The molecule has 3 aromatic rings. The number of hydrogen-bond acceptors (Lipinski definition) is 4. The lowest BCUT2D eigenvalue weighted by Gasteiger charge is -2.12. The first-order valence-corrected chi connectivity index (χ1v) is 8.94. The van der Waals surface area contributed by atoms with Crippen LogP contribution in [0.1, 0.15) is 5.56 Å². The van der Waals surface area contributed by atoms with Crippen LogP contribution in [0.5, 0.6) is 5.75 Å². The second-order valence-electron chi connectivity index (χ2n) is 5.60. The minimum Gasteiger partial charge on any atom is -0.406 e. The first-order chi connectivity index (χ1) is 12.9. The van der Waals surface area contributed by atoms with Gasteiger partial charge < -0.3 is 4.74 Å². The summed E-state index contributed by atoms with van der Waals surface area (Å²) >= 11 is 1.33. The molecule has 0 fully saturated rings. The smallest absolute Gasteiger partial charge is 0.406 e. The summed E-state index contributed by atoms with van der Waals surface area (Å²) in [6.07, 6.45) is -3.10.